The molecule has 0 aromatic heterocycles. The van der Waals surface area contributed by atoms with Crippen molar-refractivity contribution in [1.82, 2.24) is 0 Å². The van der Waals surface area contributed by atoms with Crippen LogP contribution < -0.4 is 0 Å². The molecule has 0 rings (SSSR count). The summed E-state index contributed by atoms with van der Waals surface area (Å²) in [5.74, 6) is -2.44. The summed E-state index contributed by atoms with van der Waals surface area (Å²) in [6.45, 7) is 1.27. The van der Waals surface area contributed by atoms with Crippen LogP contribution in [0, 0.1) is 0 Å². The fraction of sp³-hybridized carbons (Fsp3) is 0.600. The molecule has 0 aliphatic heterocycles. The van der Waals surface area contributed by atoms with Crippen molar-refractivity contribution < 1.29 is 19.8 Å². The van der Waals surface area contributed by atoms with Crippen LogP contribution in [0.5, 0.6) is 0 Å². The summed E-state index contributed by atoms with van der Waals surface area (Å²) in [7, 11) is 0. The molecule has 2 atom stereocenters. The smallest absolute Gasteiger partial charge is 0.321 e. The number of halogens is 2. The minimum atomic E-state index is -1.47. The van der Waals surface area contributed by atoms with Crippen LogP contribution >= 0.6 is 31.9 Å². The number of hydrogen-bond acceptors (Lipinski definition) is 2. The maximum Gasteiger partial charge on any atom is 0.321 e. The Labute approximate surface area is 79.8 Å². The van der Waals surface area contributed by atoms with E-state index in [2.05, 4.69) is 31.9 Å². The molecule has 0 aliphatic rings. The standard InChI is InChI=1S/C5H6Br2O4/c1-5(7,4(10)11)2(6)3(8)9/h2H,1H3,(H,8,9)(H,10,11)/t2-,5-/m0/s1. The van der Waals surface area contributed by atoms with Gasteiger partial charge in [-0.25, -0.2) is 0 Å². The van der Waals surface area contributed by atoms with Gasteiger partial charge in [-0.2, -0.15) is 0 Å². The second kappa shape index (κ2) is 3.53. The molecule has 0 bridgehead atoms. The number of carbonyl (C=O) groups is 2. The summed E-state index contributed by atoms with van der Waals surface area (Å²) in [6, 6.07) is 0. The predicted molar refractivity (Wildman–Crippen MR) is 45.3 cm³/mol. The topological polar surface area (TPSA) is 74.6 Å². The largest absolute Gasteiger partial charge is 0.480 e. The van der Waals surface area contributed by atoms with Crippen molar-refractivity contribution in [2.75, 3.05) is 0 Å². The maximum absolute atomic E-state index is 10.4. The molecule has 4 nitrogen and oxygen atoms in total. The van der Waals surface area contributed by atoms with E-state index in [4.69, 9.17) is 10.2 Å². The zero-order valence-corrected chi connectivity index (χ0v) is 8.72. The molecule has 0 saturated carbocycles. The van der Waals surface area contributed by atoms with E-state index in [1.807, 2.05) is 0 Å². The first-order valence-corrected chi connectivity index (χ1v) is 4.30. The average molecular weight is 290 g/mol. The Bertz CT molecular complexity index is 189. The molecule has 11 heavy (non-hydrogen) atoms. The van der Waals surface area contributed by atoms with Crippen LogP contribution in [0.3, 0.4) is 0 Å². The lowest BCUT2D eigenvalue weighted by atomic mass is 10.1. The number of carboxylic acids is 2. The van der Waals surface area contributed by atoms with E-state index in [1.165, 1.54) is 6.92 Å². The summed E-state index contributed by atoms with van der Waals surface area (Å²) in [6.07, 6.45) is 0. The van der Waals surface area contributed by atoms with Gasteiger partial charge in [0, 0.05) is 0 Å². The zero-order valence-electron chi connectivity index (χ0n) is 5.54. The Morgan fingerprint density at radius 1 is 1.45 bits per heavy atom. The Hall–Kier alpha value is -0.100. The Morgan fingerprint density at radius 3 is 1.91 bits per heavy atom. The molecule has 0 heterocycles. The van der Waals surface area contributed by atoms with Gasteiger partial charge in [0.25, 0.3) is 0 Å². The SMILES string of the molecule is C[C@@](Br)(C(=O)O)[C@@H](Br)C(=O)O. The highest BCUT2D eigenvalue weighted by molar-refractivity contribution is 9.13. The van der Waals surface area contributed by atoms with Crippen LogP contribution in [0.15, 0.2) is 0 Å². The molecule has 0 amide bonds. The van der Waals surface area contributed by atoms with Crippen LogP contribution in [0.2, 0.25) is 0 Å². The van der Waals surface area contributed by atoms with E-state index < -0.39 is 21.1 Å². The second-order valence-corrected chi connectivity index (χ2v) is 4.64. The molecular formula is C5H6Br2O4. The van der Waals surface area contributed by atoms with Crippen molar-refractivity contribution in [1.29, 1.82) is 0 Å². The van der Waals surface area contributed by atoms with Gasteiger partial charge in [0.2, 0.25) is 0 Å². The molecule has 0 aromatic carbocycles. The molecule has 6 heteroatoms. The van der Waals surface area contributed by atoms with E-state index >= 15 is 0 Å². The lowest BCUT2D eigenvalue weighted by molar-refractivity contribution is -0.144. The number of rotatable bonds is 3. The van der Waals surface area contributed by atoms with Gasteiger partial charge >= 0.3 is 11.9 Å². The van der Waals surface area contributed by atoms with Gasteiger partial charge in [-0.3, -0.25) is 9.59 Å². The van der Waals surface area contributed by atoms with Crippen molar-refractivity contribution >= 4 is 43.8 Å². The highest BCUT2D eigenvalue weighted by Gasteiger charge is 2.42. The van der Waals surface area contributed by atoms with Crippen molar-refractivity contribution in [3.63, 3.8) is 0 Å². The molecule has 2 N–H and O–H groups in total. The first kappa shape index (κ1) is 10.9. The molecule has 0 spiro atoms. The van der Waals surface area contributed by atoms with Gasteiger partial charge < -0.3 is 10.2 Å². The van der Waals surface area contributed by atoms with Crippen molar-refractivity contribution in [3.05, 3.63) is 0 Å². The van der Waals surface area contributed by atoms with Crippen molar-refractivity contribution in [2.45, 2.75) is 16.1 Å². The van der Waals surface area contributed by atoms with Gasteiger partial charge in [-0.1, -0.05) is 31.9 Å². The zero-order chi connectivity index (χ0) is 9.23. The minimum Gasteiger partial charge on any atom is -0.480 e. The summed E-state index contributed by atoms with van der Waals surface area (Å²) in [5.41, 5.74) is 0. The molecule has 64 valence electrons. The minimum absolute atomic E-state index is 1.15. The van der Waals surface area contributed by atoms with Gasteiger partial charge in [0.05, 0.1) is 0 Å². The highest BCUT2D eigenvalue weighted by atomic mass is 79.9. The molecule has 0 aliphatic carbocycles. The lowest BCUT2D eigenvalue weighted by Crippen LogP contribution is -2.42. The average Bonchev–Trinajstić information content (AvgIpc) is 1.85. The molecule has 0 saturated heterocycles. The molecular weight excluding hydrogens is 284 g/mol. The van der Waals surface area contributed by atoms with E-state index in [-0.39, 0.29) is 0 Å². The van der Waals surface area contributed by atoms with Crippen LogP contribution in [-0.4, -0.2) is 31.3 Å². The van der Waals surface area contributed by atoms with Crippen LogP contribution in [0.1, 0.15) is 6.92 Å². The summed E-state index contributed by atoms with van der Waals surface area (Å²) in [5, 5.41) is 16.9. The monoisotopic (exact) mass is 288 g/mol. The van der Waals surface area contributed by atoms with Gasteiger partial charge in [0.1, 0.15) is 9.15 Å². The third kappa shape index (κ3) is 2.44. The molecule has 0 aromatic rings. The Kier molecular flexibility index (Phi) is 3.50. The van der Waals surface area contributed by atoms with Gasteiger partial charge in [0.15, 0.2) is 0 Å². The molecule has 0 unspecified atom stereocenters. The Morgan fingerprint density at radius 2 is 1.82 bits per heavy atom. The number of carboxylic acid groups (broad SMARTS) is 2. The summed E-state index contributed by atoms with van der Waals surface area (Å²) in [4.78, 5) is 19.6. The number of aliphatic carboxylic acids is 2. The fourth-order valence-corrected chi connectivity index (χ4v) is 0.732. The summed E-state index contributed by atoms with van der Waals surface area (Å²) >= 11 is 5.52. The van der Waals surface area contributed by atoms with Crippen molar-refractivity contribution in [3.8, 4) is 0 Å². The third-order valence-electron chi connectivity index (χ3n) is 1.11. The molecule has 0 radical (unpaired) electrons. The number of hydrogen-bond donors (Lipinski definition) is 2. The maximum atomic E-state index is 10.4. The molecule has 0 fully saturated rings. The second-order valence-electron chi connectivity index (χ2n) is 2.08. The lowest BCUT2D eigenvalue weighted by Gasteiger charge is -2.19. The number of alkyl halides is 2. The van der Waals surface area contributed by atoms with E-state index in [0.717, 1.165) is 0 Å². The third-order valence-corrected chi connectivity index (χ3v) is 3.83. The van der Waals surface area contributed by atoms with Crippen LogP contribution in [-0.2, 0) is 9.59 Å². The first-order valence-electron chi connectivity index (χ1n) is 2.59. The fourth-order valence-electron chi connectivity index (χ4n) is 0.340. The Balaban J connectivity index is 4.55. The van der Waals surface area contributed by atoms with Crippen LogP contribution in [0.4, 0.5) is 0 Å². The summed E-state index contributed by atoms with van der Waals surface area (Å²) < 4.78 is -1.47. The van der Waals surface area contributed by atoms with Gasteiger partial charge in [-0.15, -0.1) is 0 Å². The van der Waals surface area contributed by atoms with E-state index in [1.54, 1.807) is 0 Å². The quantitative estimate of drug-likeness (QED) is 0.762. The normalized spacial score (nSPS) is 18.5. The van der Waals surface area contributed by atoms with Gasteiger partial charge in [-0.05, 0) is 6.92 Å². The first-order chi connectivity index (χ1) is 4.80. The highest BCUT2D eigenvalue weighted by Crippen LogP contribution is 2.28. The van der Waals surface area contributed by atoms with E-state index in [9.17, 15) is 9.59 Å². The van der Waals surface area contributed by atoms with E-state index in [0.29, 0.717) is 0 Å². The predicted octanol–water partition coefficient (Wildman–Crippen LogP) is 1.07. The van der Waals surface area contributed by atoms with Crippen LogP contribution in [0.25, 0.3) is 0 Å². The van der Waals surface area contributed by atoms with Crippen molar-refractivity contribution in [2.24, 2.45) is 0 Å².